The molecule has 0 aromatic carbocycles. The van der Waals surface area contributed by atoms with Crippen molar-refractivity contribution in [1.29, 1.82) is 0 Å². The van der Waals surface area contributed by atoms with Gasteiger partial charge in [0.25, 0.3) is 0 Å². The normalized spacial score (nSPS) is 37.2. The van der Waals surface area contributed by atoms with E-state index >= 15 is 0 Å². The van der Waals surface area contributed by atoms with Gasteiger partial charge in [-0.3, -0.25) is 4.90 Å². The number of piperidine rings is 1. The molecule has 0 saturated carbocycles. The predicted molar refractivity (Wildman–Crippen MR) is 58.2 cm³/mol. The average Bonchev–Trinajstić information content (AvgIpc) is 2.34. The molecular formula is C12H21NO. The van der Waals surface area contributed by atoms with Crippen LogP contribution in [0.2, 0.25) is 0 Å². The van der Waals surface area contributed by atoms with E-state index < -0.39 is 0 Å². The smallest absolute Gasteiger partial charge is 0.0570 e. The summed E-state index contributed by atoms with van der Waals surface area (Å²) in [5.41, 5.74) is 1.40. The molecule has 2 atom stereocenters. The molecule has 2 heteroatoms. The third kappa shape index (κ3) is 2.01. The number of hydrogen-bond donors (Lipinski definition) is 1. The van der Waals surface area contributed by atoms with Crippen molar-refractivity contribution < 1.29 is 5.11 Å². The summed E-state index contributed by atoms with van der Waals surface area (Å²) < 4.78 is 0. The van der Waals surface area contributed by atoms with Gasteiger partial charge in [0.05, 0.1) is 6.10 Å². The maximum Gasteiger partial charge on any atom is 0.0570 e. The van der Waals surface area contributed by atoms with Gasteiger partial charge >= 0.3 is 0 Å². The maximum atomic E-state index is 9.64. The zero-order valence-electron chi connectivity index (χ0n) is 9.24. The van der Waals surface area contributed by atoms with Gasteiger partial charge in [-0.1, -0.05) is 11.6 Å². The highest BCUT2D eigenvalue weighted by molar-refractivity contribution is 5.01. The van der Waals surface area contributed by atoms with Crippen molar-refractivity contribution in [2.24, 2.45) is 0 Å². The Kier molecular flexibility index (Phi) is 2.93. The summed E-state index contributed by atoms with van der Waals surface area (Å²) >= 11 is 0. The van der Waals surface area contributed by atoms with Gasteiger partial charge in [-0.25, -0.2) is 0 Å². The number of rotatable bonds is 2. The fourth-order valence-corrected chi connectivity index (χ4v) is 2.83. The van der Waals surface area contributed by atoms with Crippen molar-refractivity contribution in [3.8, 4) is 0 Å². The molecule has 2 aliphatic heterocycles. The second-order valence-corrected chi connectivity index (χ2v) is 4.99. The lowest BCUT2D eigenvalue weighted by Gasteiger charge is -2.36. The maximum absolute atomic E-state index is 9.64. The van der Waals surface area contributed by atoms with Crippen molar-refractivity contribution in [3.63, 3.8) is 0 Å². The Labute approximate surface area is 86.6 Å². The van der Waals surface area contributed by atoms with Gasteiger partial charge in [-0.05, 0) is 39.5 Å². The van der Waals surface area contributed by atoms with Crippen LogP contribution in [0.5, 0.6) is 0 Å². The minimum Gasteiger partial charge on any atom is -0.393 e. The van der Waals surface area contributed by atoms with E-state index in [-0.39, 0.29) is 6.10 Å². The van der Waals surface area contributed by atoms with Gasteiger partial charge < -0.3 is 5.11 Å². The Balaban J connectivity index is 1.97. The van der Waals surface area contributed by atoms with Gasteiger partial charge in [0.2, 0.25) is 0 Å². The highest BCUT2D eigenvalue weighted by atomic mass is 16.3. The van der Waals surface area contributed by atoms with Crippen LogP contribution in [0.4, 0.5) is 0 Å². The van der Waals surface area contributed by atoms with Gasteiger partial charge in [0, 0.05) is 18.6 Å². The molecule has 1 N–H and O–H groups in total. The van der Waals surface area contributed by atoms with Gasteiger partial charge in [0.15, 0.2) is 0 Å². The average molecular weight is 195 g/mol. The fraction of sp³-hybridized carbons (Fsp3) is 0.833. The molecule has 0 aromatic rings. The first kappa shape index (κ1) is 10.2. The predicted octanol–water partition coefficient (Wildman–Crippen LogP) is 1.94. The minimum absolute atomic E-state index is 0.0320. The fourth-order valence-electron chi connectivity index (χ4n) is 2.83. The summed E-state index contributed by atoms with van der Waals surface area (Å²) in [6, 6.07) is 1.30. The SMILES string of the molecule is CC(C)=CCN1C2CCC1CC(O)C2. The topological polar surface area (TPSA) is 23.5 Å². The molecule has 80 valence electrons. The molecule has 2 aliphatic rings. The second kappa shape index (κ2) is 4.03. The first-order chi connectivity index (χ1) is 6.66. The van der Waals surface area contributed by atoms with Crippen molar-refractivity contribution in [2.75, 3.05) is 6.54 Å². The summed E-state index contributed by atoms with van der Waals surface area (Å²) in [4.78, 5) is 2.58. The van der Waals surface area contributed by atoms with E-state index in [1.54, 1.807) is 0 Å². The number of aliphatic hydroxyl groups excluding tert-OH is 1. The van der Waals surface area contributed by atoms with Crippen LogP contribution in [-0.4, -0.2) is 34.7 Å². The molecule has 2 fully saturated rings. The first-order valence-corrected chi connectivity index (χ1v) is 5.74. The van der Waals surface area contributed by atoms with Crippen LogP contribution in [0, 0.1) is 0 Å². The van der Waals surface area contributed by atoms with E-state index in [4.69, 9.17) is 0 Å². The van der Waals surface area contributed by atoms with Crippen LogP contribution in [-0.2, 0) is 0 Å². The van der Waals surface area contributed by atoms with Crippen molar-refractivity contribution in [2.45, 2.75) is 57.7 Å². The zero-order valence-corrected chi connectivity index (χ0v) is 9.24. The van der Waals surface area contributed by atoms with Gasteiger partial charge in [0.1, 0.15) is 0 Å². The molecule has 0 aliphatic carbocycles. The molecule has 0 aromatic heterocycles. The lowest BCUT2D eigenvalue weighted by Crippen LogP contribution is -2.44. The lowest BCUT2D eigenvalue weighted by atomic mass is 10.00. The Bertz CT molecular complexity index is 218. The standard InChI is InChI=1S/C12H21NO/c1-9(2)5-6-13-10-3-4-11(13)8-12(14)7-10/h5,10-12,14H,3-4,6-8H2,1-2H3. The summed E-state index contributed by atoms with van der Waals surface area (Å²) in [6.07, 6.45) is 6.84. The van der Waals surface area contributed by atoms with Crippen LogP contribution in [0.25, 0.3) is 0 Å². The lowest BCUT2D eigenvalue weighted by molar-refractivity contribution is 0.0421. The van der Waals surface area contributed by atoms with E-state index in [2.05, 4.69) is 24.8 Å². The van der Waals surface area contributed by atoms with E-state index in [0.717, 1.165) is 19.4 Å². The van der Waals surface area contributed by atoms with E-state index in [9.17, 15) is 5.11 Å². The number of aliphatic hydroxyl groups is 1. The Morgan fingerprint density at radius 2 is 1.86 bits per heavy atom. The summed E-state index contributed by atoms with van der Waals surface area (Å²) in [5, 5.41) is 9.64. The molecule has 2 unspecified atom stereocenters. The van der Waals surface area contributed by atoms with Gasteiger partial charge in [-0.2, -0.15) is 0 Å². The number of hydrogen-bond acceptors (Lipinski definition) is 2. The monoisotopic (exact) mass is 195 g/mol. The first-order valence-electron chi connectivity index (χ1n) is 5.74. The highest BCUT2D eigenvalue weighted by Gasteiger charge is 2.39. The number of nitrogens with zero attached hydrogens (tertiary/aromatic N) is 1. The summed E-state index contributed by atoms with van der Waals surface area (Å²) in [6.45, 7) is 5.39. The second-order valence-electron chi connectivity index (χ2n) is 4.99. The van der Waals surface area contributed by atoms with Crippen molar-refractivity contribution >= 4 is 0 Å². The van der Waals surface area contributed by atoms with Crippen LogP contribution >= 0.6 is 0 Å². The Morgan fingerprint density at radius 3 is 2.36 bits per heavy atom. The molecular weight excluding hydrogens is 174 g/mol. The largest absolute Gasteiger partial charge is 0.393 e. The van der Waals surface area contributed by atoms with Gasteiger partial charge in [-0.15, -0.1) is 0 Å². The van der Waals surface area contributed by atoms with E-state index in [1.807, 2.05) is 0 Å². The number of fused-ring (bicyclic) bond motifs is 2. The van der Waals surface area contributed by atoms with E-state index in [0.29, 0.717) is 12.1 Å². The molecule has 2 saturated heterocycles. The molecule has 0 radical (unpaired) electrons. The number of allylic oxidation sites excluding steroid dienone is 1. The quantitative estimate of drug-likeness (QED) is 0.681. The summed E-state index contributed by atoms with van der Waals surface area (Å²) in [7, 11) is 0. The van der Waals surface area contributed by atoms with Crippen LogP contribution < -0.4 is 0 Å². The van der Waals surface area contributed by atoms with Crippen LogP contribution in [0.3, 0.4) is 0 Å². The highest BCUT2D eigenvalue weighted by Crippen LogP contribution is 2.35. The summed E-state index contributed by atoms with van der Waals surface area (Å²) in [5.74, 6) is 0. The van der Waals surface area contributed by atoms with Crippen molar-refractivity contribution in [1.82, 2.24) is 4.90 Å². The molecule has 0 amide bonds. The minimum atomic E-state index is -0.0320. The van der Waals surface area contributed by atoms with Crippen LogP contribution in [0.1, 0.15) is 39.5 Å². The van der Waals surface area contributed by atoms with E-state index in [1.165, 1.54) is 18.4 Å². The molecule has 2 nitrogen and oxygen atoms in total. The molecule has 2 bridgehead atoms. The third-order valence-electron chi connectivity index (χ3n) is 3.57. The Hall–Kier alpha value is -0.340. The molecule has 0 spiro atoms. The third-order valence-corrected chi connectivity index (χ3v) is 3.57. The molecule has 2 heterocycles. The molecule has 2 rings (SSSR count). The molecule has 14 heavy (non-hydrogen) atoms. The van der Waals surface area contributed by atoms with Crippen molar-refractivity contribution in [3.05, 3.63) is 11.6 Å². The zero-order chi connectivity index (χ0) is 10.1. The Morgan fingerprint density at radius 1 is 1.29 bits per heavy atom. The van der Waals surface area contributed by atoms with Crippen LogP contribution in [0.15, 0.2) is 11.6 Å².